The first-order chi connectivity index (χ1) is 14.4. The SMILES string of the molecule is CO[C@]1(C)CCC[C@@H](NC(=O)c2cnn3c(N(C)C(=O)OC(C)(C)C)cc(Cl)nc23)C1. The molecule has 1 N–H and O–H groups in total. The largest absolute Gasteiger partial charge is 0.443 e. The van der Waals surface area contributed by atoms with E-state index in [9.17, 15) is 9.59 Å². The normalized spacial score (nSPS) is 21.7. The summed E-state index contributed by atoms with van der Waals surface area (Å²) >= 11 is 6.21. The van der Waals surface area contributed by atoms with Crippen molar-refractivity contribution < 1.29 is 19.1 Å². The number of methoxy groups -OCH3 is 1. The van der Waals surface area contributed by atoms with Crippen LogP contribution in [0, 0.1) is 0 Å². The van der Waals surface area contributed by atoms with E-state index < -0.39 is 11.7 Å². The predicted molar refractivity (Wildman–Crippen MR) is 118 cm³/mol. The Hall–Kier alpha value is -2.39. The number of amides is 2. The second-order valence-corrected chi connectivity index (χ2v) is 9.58. The van der Waals surface area contributed by atoms with Crippen molar-refractivity contribution in [1.82, 2.24) is 19.9 Å². The van der Waals surface area contributed by atoms with Crippen LogP contribution >= 0.6 is 11.6 Å². The molecule has 3 rings (SSSR count). The summed E-state index contributed by atoms with van der Waals surface area (Å²) in [5.74, 6) is 0.0499. The Labute approximate surface area is 187 Å². The van der Waals surface area contributed by atoms with Crippen LogP contribution in [0.25, 0.3) is 5.65 Å². The van der Waals surface area contributed by atoms with E-state index in [4.69, 9.17) is 21.1 Å². The molecule has 1 aliphatic carbocycles. The first-order valence-corrected chi connectivity index (χ1v) is 10.7. The predicted octanol–water partition coefficient (Wildman–Crippen LogP) is 3.83. The number of fused-ring (bicyclic) bond motifs is 1. The highest BCUT2D eigenvalue weighted by Crippen LogP contribution is 2.31. The van der Waals surface area contributed by atoms with Crippen LogP contribution in [0.1, 0.15) is 63.7 Å². The fourth-order valence-electron chi connectivity index (χ4n) is 3.76. The average molecular weight is 452 g/mol. The molecule has 2 aromatic rings. The molecule has 0 radical (unpaired) electrons. The molecule has 1 aliphatic rings. The van der Waals surface area contributed by atoms with E-state index >= 15 is 0 Å². The topological polar surface area (TPSA) is 98.1 Å². The minimum atomic E-state index is -0.660. The van der Waals surface area contributed by atoms with E-state index in [0.717, 1.165) is 25.7 Å². The smallest absolute Gasteiger partial charge is 0.415 e. The second-order valence-electron chi connectivity index (χ2n) is 9.19. The number of carbonyl (C=O) groups excluding carboxylic acids is 2. The Morgan fingerprint density at radius 3 is 2.74 bits per heavy atom. The number of ether oxygens (including phenoxy) is 2. The van der Waals surface area contributed by atoms with Gasteiger partial charge in [0.1, 0.15) is 22.1 Å². The zero-order valence-corrected chi connectivity index (χ0v) is 19.6. The zero-order chi connectivity index (χ0) is 23.0. The Balaban J connectivity index is 1.87. The number of rotatable bonds is 4. The van der Waals surface area contributed by atoms with Crippen molar-refractivity contribution in [2.24, 2.45) is 0 Å². The van der Waals surface area contributed by atoms with Gasteiger partial charge in [-0.15, -0.1) is 0 Å². The summed E-state index contributed by atoms with van der Waals surface area (Å²) in [6.07, 6.45) is 4.40. The van der Waals surface area contributed by atoms with Gasteiger partial charge in [0, 0.05) is 26.3 Å². The van der Waals surface area contributed by atoms with Gasteiger partial charge in [-0.2, -0.15) is 9.61 Å². The van der Waals surface area contributed by atoms with Crippen LogP contribution in [0.3, 0.4) is 0 Å². The van der Waals surface area contributed by atoms with Gasteiger partial charge in [-0.05, 0) is 53.4 Å². The summed E-state index contributed by atoms with van der Waals surface area (Å²) in [6, 6.07) is 1.49. The lowest BCUT2D eigenvalue weighted by Gasteiger charge is -2.37. The molecule has 0 spiro atoms. The summed E-state index contributed by atoms with van der Waals surface area (Å²) in [7, 11) is 3.25. The first kappa shape index (κ1) is 23.3. The van der Waals surface area contributed by atoms with Gasteiger partial charge in [0.2, 0.25) is 0 Å². The average Bonchev–Trinajstić information content (AvgIpc) is 3.09. The number of nitrogens with one attached hydrogen (secondary N) is 1. The lowest BCUT2D eigenvalue weighted by molar-refractivity contribution is -0.0314. The van der Waals surface area contributed by atoms with Crippen molar-refractivity contribution in [3.05, 3.63) is 23.0 Å². The van der Waals surface area contributed by atoms with E-state index in [1.54, 1.807) is 34.9 Å². The number of halogens is 1. The third-order valence-corrected chi connectivity index (χ3v) is 5.64. The molecule has 2 amide bonds. The van der Waals surface area contributed by atoms with Gasteiger partial charge in [-0.1, -0.05) is 11.6 Å². The standard InChI is InChI=1S/C21H30ClN5O4/c1-20(2,3)31-19(29)26(5)16-10-15(22)25-17-14(12-23-27(16)17)18(28)24-13-8-7-9-21(4,11-13)30-6/h10,12-13H,7-9,11H2,1-6H3,(H,24,28)/t13-,21-/m1/s1. The molecule has 0 saturated heterocycles. The number of nitrogens with zero attached hydrogens (tertiary/aromatic N) is 4. The quantitative estimate of drug-likeness (QED) is 0.709. The molecule has 0 bridgehead atoms. The molecule has 2 atom stereocenters. The minimum absolute atomic E-state index is 0.00996. The van der Waals surface area contributed by atoms with Gasteiger partial charge in [0.15, 0.2) is 5.65 Å². The monoisotopic (exact) mass is 451 g/mol. The molecule has 1 fully saturated rings. The van der Waals surface area contributed by atoms with Gasteiger partial charge >= 0.3 is 6.09 Å². The molecule has 0 aromatic carbocycles. The van der Waals surface area contributed by atoms with Gasteiger partial charge in [0.05, 0.1) is 11.8 Å². The summed E-state index contributed by atoms with van der Waals surface area (Å²) in [5, 5.41) is 7.48. The maximum Gasteiger partial charge on any atom is 0.415 e. The molecule has 0 unspecified atom stereocenters. The molecule has 1 saturated carbocycles. The van der Waals surface area contributed by atoms with Gasteiger partial charge in [0.25, 0.3) is 5.91 Å². The minimum Gasteiger partial charge on any atom is -0.443 e. The number of hydrogen-bond acceptors (Lipinski definition) is 6. The van der Waals surface area contributed by atoms with Crippen molar-refractivity contribution in [2.45, 2.75) is 70.6 Å². The highest BCUT2D eigenvalue weighted by molar-refractivity contribution is 6.30. The number of anilines is 1. The molecule has 31 heavy (non-hydrogen) atoms. The molecule has 170 valence electrons. The Morgan fingerprint density at radius 1 is 1.39 bits per heavy atom. The van der Waals surface area contributed by atoms with Crippen LogP contribution in [-0.4, -0.2) is 58.0 Å². The fourth-order valence-corrected chi connectivity index (χ4v) is 3.94. The second kappa shape index (κ2) is 8.63. The number of aromatic nitrogens is 3. The first-order valence-electron chi connectivity index (χ1n) is 10.3. The van der Waals surface area contributed by atoms with Crippen LogP contribution < -0.4 is 10.2 Å². The van der Waals surface area contributed by atoms with Crippen molar-refractivity contribution in [1.29, 1.82) is 0 Å². The lowest BCUT2D eigenvalue weighted by atomic mass is 9.83. The zero-order valence-electron chi connectivity index (χ0n) is 18.9. The van der Waals surface area contributed by atoms with E-state index in [0.29, 0.717) is 5.82 Å². The summed E-state index contributed by atoms with van der Waals surface area (Å²) in [5.41, 5.74) is -0.360. The summed E-state index contributed by atoms with van der Waals surface area (Å²) in [6.45, 7) is 7.40. The van der Waals surface area contributed by atoms with Crippen molar-refractivity contribution >= 4 is 35.1 Å². The Bertz CT molecular complexity index is 986. The van der Waals surface area contributed by atoms with Gasteiger partial charge < -0.3 is 14.8 Å². The van der Waals surface area contributed by atoms with Crippen molar-refractivity contribution in [3.63, 3.8) is 0 Å². The molecule has 9 nitrogen and oxygen atoms in total. The third-order valence-electron chi connectivity index (χ3n) is 5.44. The highest BCUT2D eigenvalue weighted by Gasteiger charge is 2.33. The molecule has 2 heterocycles. The Kier molecular flexibility index (Phi) is 6.48. The summed E-state index contributed by atoms with van der Waals surface area (Å²) < 4.78 is 12.4. The van der Waals surface area contributed by atoms with E-state index in [2.05, 4.69) is 22.3 Å². The lowest BCUT2D eigenvalue weighted by Crippen LogP contribution is -2.45. The van der Waals surface area contributed by atoms with E-state index in [1.807, 2.05) is 0 Å². The maximum absolute atomic E-state index is 13.0. The molecule has 10 heteroatoms. The van der Waals surface area contributed by atoms with Gasteiger partial charge in [-0.25, -0.2) is 9.78 Å². The van der Waals surface area contributed by atoms with Crippen molar-refractivity contribution in [2.75, 3.05) is 19.1 Å². The van der Waals surface area contributed by atoms with E-state index in [-0.39, 0.29) is 33.9 Å². The molecule has 0 aliphatic heterocycles. The summed E-state index contributed by atoms with van der Waals surface area (Å²) in [4.78, 5) is 31.1. The van der Waals surface area contributed by atoms with Crippen LogP contribution in [0.2, 0.25) is 5.15 Å². The number of carbonyl (C=O) groups is 2. The van der Waals surface area contributed by atoms with Crippen LogP contribution in [0.15, 0.2) is 12.3 Å². The number of hydrogen-bond donors (Lipinski definition) is 1. The highest BCUT2D eigenvalue weighted by atomic mass is 35.5. The molecular formula is C21H30ClN5O4. The van der Waals surface area contributed by atoms with Crippen LogP contribution in [0.5, 0.6) is 0 Å². The third kappa shape index (κ3) is 5.27. The Morgan fingerprint density at radius 2 is 2.10 bits per heavy atom. The van der Waals surface area contributed by atoms with Crippen molar-refractivity contribution in [3.8, 4) is 0 Å². The fraction of sp³-hybridized carbons (Fsp3) is 0.619. The van der Waals surface area contributed by atoms with Crippen LogP contribution in [0.4, 0.5) is 10.6 Å². The van der Waals surface area contributed by atoms with Crippen LogP contribution in [-0.2, 0) is 9.47 Å². The molecular weight excluding hydrogens is 422 g/mol. The maximum atomic E-state index is 13.0. The molecule has 2 aromatic heterocycles. The van der Waals surface area contributed by atoms with E-state index in [1.165, 1.54) is 21.7 Å². The van der Waals surface area contributed by atoms with Gasteiger partial charge in [-0.3, -0.25) is 9.69 Å².